The predicted molar refractivity (Wildman–Crippen MR) is 85.5 cm³/mol. The van der Waals surface area contributed by atoms with Crippen LogP contribution >= 0.6 is 15.9 Å². The number of rotatable bonds is 6. The van der Waals surface area contributed by atoms with E-state index in [0.29, 0.717) is 0 Å². The van der Waals surface area contributed by atoms with Crippen molar-refractivity contribution in [2.45, 2.75) is 38.6 Å². The third kappa shape index (κ3) is 4.13. The summed E-state index contributed by atoms with van der Waals surface area (Å²) in [5.41, 5.74) is 1.21. The number of benzene rings is 1. The predicted octanol–water partition coefficient (Wildman–Crippen LogP) is 4.14. The number of halogens is 1. The first-order valence-corrected chi connectivity index (χ1v) is 8.15. The maximum atomic E-state index is 5.35. The Hall–Kier alpha value is -0.740. The summed E-state index contributed by atoms with van der Waals surface area (Å²) in [7, 11) is 3.33. The molecule has 1 fully saturated rings. The van der Waals surface area contributed by atoms with Gasteiger partial charge in [0, 0.05) is 11.0 Å². The van der Waals surface area contributed by atoms with Crippen molar-refractivity contribution in [2.75, 3.05) is 20.8 Å². The van der Waals surface area contributed by atoms with E-state index in [1.54, 1.807) is 14.2 Å². The Kier molecular flexibility index (Phi) is 6.17. The zero-order valence-electron chi connectivity index (χ0n) is 12.4. The Morgan fingerprint density at radius 1 is 1.10 bits per heavy atom. The van der Waals surface area contributed by atoms with E-state index in [0.717, 1.165) is 35.0 Å². The molecule has 0 aliphatic heterocycles. The van der Waals surface area contributed by atoms with Gasteiger partial charge in [-0.2, -0.15) is 0 Å². The van der Waals surface area contributed by atoms with Gasteiger partial charge in [-0.05, 0) is 43.0 Å². The molecule has 0 bridgehead atoms. The van der Waals surface area contributed by atoms with Gasteiger partial charge in [0.05, 0.1) is 14.2 Å². The minimum Gasteiger partial charge on any atom is -0.493 e. The molecule has 20 heavy (non-hydrogen) atoms. The summed E-state index contributed by atoms with van der Waals surface area (Å²) >= 11 is 3.60. The molecule has 0 radical (unpaired) electrons. The molecule has 3 nitrogen and oxygen atoms in total. The summed E-state index contributed by atoms with van der Waals surface area (Å²) in [6.45, 7) is 1.97. The molecule has 0 saturated heterocycles. The highest BCUT2D eigenvalue weighted by atomic mass is 79.9. The van der Waals surface area contributed by atoms with E-state index in [9.17, 15) is 0 Å². The topological polar surface area (TPSA) is 30.5 Å². The monoisotopic (exact) mass is 341 g/mol. The lowest BCUT2D eigenvalue weighted by molar-refractivity contribution is 0.341. The van der Waals surface area contributed by atoms with Crippen LogP contribution in [-0.4, -0.2) is 20.8 Å². The van der Waals surface area contributed by atoms with Crippen molar-refractivity contribution in [3.05, 3.63) is 22.2 Å². The van der Waals surface area contributed by atoms with Gasteiger partial charge >= 0.3 is 0 Å². The van der Waals surface area contributed by atoms with Crippen molar-refractivity contribution in [1.29, 1.82) is 0 Å². The fraction of sp³-hybridized carbons (Fsp3) is 0.625. The maximum Gasteiger partial charge on any atom is 0.161 e. The van der Waals surface area contributed by atoms with Crippen molar-refractivity contribution in [3.8, 4) is 11.5 Å². The molecule has 112 valence electrons. The van der Waals surface area contributed by atoms with Crippen molar-refractivity contribution in [3.63, 3.8) is 0 Å². The van der Waals surface area contributed by atoms with Gasteiger partial charge in [0.2, 0.25) is 0 Å². The quantitative estimate of drug-likeness (QED) is 0.843. The van der Waals surface area contributed by atoms with E-state index in [1.807, 2.05) is 12.1 Å². The lowest BCUT2D eigenvalue weighted by atomic mass is 9.89. The van der Waals surface area contributed by atoms with Gasteiger partial charge in [0.25, 0.3) is 0 Å². The SMILES string of the molecule is COc1cc(Br)c(CNCC2CCCCC2)cc1OC. The summed E-state index contributed by atoms with van der Waals surface area (Å²) in [5, 5.41) is 3.57. The van der Waals surface area contributed by atoms with Gasteiger partial charge in [-0.15, -0.1) is 0 Å². The third-order valence-corrected chi connectivity index (χ3v) is 4.76. The molecule has 0 heterocycles. The molecule has 2 rings (SSSR count). The van der Waals surface area contributed by atoms with Gasteiger partial charge in [-0.1, -0.05) is 35.2 Å². The molecule has 0 amide bonds. The smallest absolute Gasteiger partial charge is 0.161 e. The minimum atomic E-state index is 0.760. The van der Waals surface area contributed by atoms with Crippen LogP contribution in [0.4, 0.5) is 0 Å². The summed E-state index contributed by atoms with van der Waals surface area (Å²) in [6.07, 6.45) is 6.96. The van der Waals surface area contributed by atoms with E-state index >= 15 is 0 Å². The second kappa shape index (κ2) is 7.89. The zero-order valence-corrected chi connectivity index (χ0v) is 14.0. The molecule has 1 aliphatic rings. The second-order valence-corrected chi connectivity index (χ2v) is 6.29. The Morgan fingerprint density at radius 3 is 2.40 bits per heavy atom. The summed E-state index contributed by atoms with van der Waals surface area (Å²) in [5.74, 6) is 2.39. The highest BCUT2D eigenvalue weighted by Crippen LogP contribution is 2.33. The standard InChI is InChI=1S/C16H24BrNO2/c1-19-15-8-13(14(17)9-16(15)20-2)11-18-10-12-6-4-3-5-7-12/h8-9,12,18H,3-7,10-11H2,1-2H3. The Morgan fingerprint density at radius 2 is 1.75 bits per heavy atom. The number of hydrogen-bond donors (Lipinski definition) is 1. The lowest BCUT2D eigenvalue weighted by Gasteiger charge is -2.22. The molecule has 1 aromatic rings. The molecule has 1 N–H and O–H groups in total. The number of hydrogen-bond acceptors (Lipinski definition) is 3. The molecule has 0 spiro atoms. The fourth-order valence-corrected chi connectivity index (χ4v) is 3.30. The van der Waals surface area contributed by atoms with Crippen LogP contribution < -0.4 is 14.8 Å². The zero-order chi connectivity index (χ0) is 14.4. The minimum absolute atomic E-state index is 0.760. The van der Waals surface area contributed by atoms with E-state index in [4.69, 9.17) is 9.47 Å². The van der Waals surface area contributed by atoms with Gasteiger partial charge in [-0.25, -0.2) is 0 Å². The van der Waals surface area contributed by atoms with Gasteiger partial charge in [-0.3, -0.25) is 0 Å². The average Bonchev–Trinajstić information content (AvgIpc) is 2.49. The number of methoxy groups -OCH3 is 2. The van der Waals surface area contributed by atoms with Crippen LogP contribution in [0.1, 0.15) is 37.7 Å². The highest BCUT2D eigenvalue weighted by Gasteiger charge is 2.14. The van der Waals surface area contributed by atoms with Gasteiger partial charge in [0.1, 0.15) is 0 Å². The van der Waals surface area contributed by atoms with Crippen LogP contribution in [0, 0.1) is 5.92 Å². The maximum absolute atomic E-state index is 5.35. The Bertz CT molecular complexity index is 431. The number of ether oxygens (including phenoxy) is 2. The largest absolute Gasteiger partial charge is 0.493 e. The van der Waals surface area contributed by atoms with E-state index in [-0.39, 0.29) is 0 Å². The molecular formula is C16H24BrNO2. The van der Waals surface area contributed by atoms with Crippen molar-refractivity contribution >= 4 is 15.9 Å². The molecule has 0 atom stereocenters. The summed E-state index contributed by atoms with van der Waals surface area (Å²) in [6, 6.07) is 4.01. The summed E-state index contributed by atoms with van der Waals surface area (Å²) < 4.78 is 11.7. The second-order valence-electron chi connectivity index (χ2n) is 5.43. The van der Waals surface area contributed by atoms with E-state index in [2.05, 4.69) is 21.2 Å². The third-order valence-electron chi connectivity index (χ3n) is 4.03. The van der Waals surface area contributed by atoms with Gasteiger partial charge < -0.3 is 14.8 Å². The molecule has 0 unspecified atom stereocenters. The normalized spacial score (nSPS) is 16.1. The molecule has 1 saturated carbocycles. The molecule has 0 aromatic heterocycles. The van der Waals surface area contributed by atoms with Crippen LogP contribution in [0.2, 0.25) is 0 Å². The lowest BCUT2D eigenvalue weighted by Crippen LogP contribution is -2.24. The summed E-state index contributed by atoms with van der Waals surface area (Å²) in [4.78, 5) is 0. The highest BCUT2D eigenvalue weighted by molar-refractivity contribution is 9.10. The van der Waals surface area contributed by atoms with Crippen LogP contribution in [0.3, 0.4) is 0 Å². The Balaban J connectivity index is 1.91. The van der Waals surface area contributed by atoms with Crippen LogP contribution in [0.25, 0.3) is 0 Å². The molecule has 4 heteroatoms. The van der Waals surface area contributed by atoms with E-state index in [1.165, 1.54) is 37.7 Å². The van der Waals surface area contributed by atoms with Crippen molar-refractivity contribution in [2.24, 2.45) is 5.92 Å². The van der Waals surface area contributed by atoms with Crippen LogP contribution in [0.5, 0.6) is 11.5 Å². The van der Waals surface area contributed by atoms with Crippen molar-refractivity contribution in [1.82, 2.24) is 5.32 Å². The first-order valence-electron chi connectivity index (χ1n) is 7.35. The Labute approximate surface area is 130 Å². The average molecular weight is 342 g/mol. The molecule has 1 aromatic carbocycles. The first-order chi connectivity index (χ1) is 9.74. The first kappa shape index (κ1) is 15.6. The van der Waals surface area contributed by atoms with E-state index < -0.39 is 0 Å². The van der Waals surface area contributed by atoms with Crippen LogP contribution in [0.15, 0.2) is 16.6 Å². The number of nitrogens with one attached hydrogen (secondary N) is 1. The van der Waals surface area contributed by atoms with Gasteiger partial charge in [0.15, 0.2) is 11.5 Å². The van der Waals surface area contributed by atoms with Crippen LogP contribution in [-0.2, 0) is 6.54 Å². The fourth-order valence-electron chi connectivity index (χ4n) is 2.83. The van der Waals surface area contributed by atoms with Crippen molar-refractivity contribution < 1.29 is 9.47 Å². The molecular weight excluding hydrogens is 318 g/mol. The molecule has 1 aliphatic carbocycles.